The van der Waals surface area contributed by atoms with Crippen molar-refractivity contribution >= 4 is 28.1 Å². The Morgan fingerprint density at radius 2 is 2.21 bits per heavy atom. The van der Waals surface area contributed by atoms with Crippen molar-refractivity contribution in [2.75, 3.05) is 20.8 Å². The number of benzene rings is 1. The number of rotatable bonds is 5. The second kappa shape index (κ2) is 6.31. The van der Waals surface area contributed by atoms with Crippen molar-refractivity contribution < 1.29 is 9.47 Å². The second-order valence-electron chi connectivity index (χ2n) is 3.84. The largest absolute Gasteiger partial charge is 0.497 e. The van der Waals surface area contributed by atoms with Gasteiger partial charge >= 0.3 is 0 Å². The zero-order valence-electron chi connectivity index (χ0n) is 10.6. The summed E-state index contributed by atoms with van der Waals surface area (Å²) in [6, 6.07) is 5.72. The lowest BCUT2D eigenvalue weighted by Crippen LogP contribution is -2.06. The van der Waals surface area contributed by atoms with E-state index in [1.54, 1.807) is 14.2 Å². The monoisotopic (exact) mass is 343 g/mol. The maximum Gasteiger partial charge on any atom is 0.195 e. The molecule has 1 N–H and O–H groups in total. The van der Waals surface area contributed by atoms with Crippen LogP contribution in [0.25, 0.3) is 11.4 Å². The SMILES string of the molecule is COCCn1c(-c2cc(OC)ccc2Br)n[nH]c1=S. The van der Waals surface area contributed by atoms with Crippen molar-refractivity contribution in [3.05, 3.63) is 27.4 Å². The van der Waals surface area contributed by atoms with Crippen molar-refractivity contribution in [3.8, 4) is 17.1 Å². The van der Waals surface area contributed by atoms with Gasteiger partial charge in [-0.05, 0) is 30.4 Å². The summed E-state index contributed by atoms with van der Waals surface area (Å²) in [5, 5.41) is 7.09. The molecule has 1 aromatic carbocycles. The standard InChI is InChI=1S/C12H14BrN3O2S/c1-17-6-5-16-11(14-15-12(16)19)9-7-8(18-2)3-4-10(9)13/h3-4,7H,5-6H2,1-2H3,(H,15,19). The molecule has 0 bridgehead atoms. The zero-order chi connectivity index (χ0) is 13.8. The molecule has 2 aromatic rings. The van der Waals surface area contributed by atoms with Crippen molar-refractivity contribution in [2.45, 2.75) is 6.54 Å². The van der Waals surface area contributed by atoms with E-state index in [4.69, 9.17) is 21.7 Å². The number of nitrogens with zero attached hydrogens (tertiary/aromatic N) is 2. The summed E-state index contributed by atoms with van der Waals surface area (Å²) >= 11 is 8.75. The fourth-order valence-corrected chi connectivity index (χ4v) is 2.36. The predicted molar refractivity (Wildman–Crippen MR) is 79.0 cm³/mol. The number of ether oxygens (including phenoxy) is 2. The highest BCUT2D eigenvalue weighted by molar-refractivity contribution is 9.10. The van der Waals surface area contributed by atoms with Crippen LogP contribution in [-0.4, -0.2) is 35.6 Å². The number of H-pyrrole nitrogens is 1. The summed E-state index contributed by atoms with van der Waals surface area (Å²) < 4.78 is 13.7. The third-order valence-electron chi connectivity index (χ3n) is 2.69. The van der Waals surface area contributed by atoms with Crippen LogP contribution in [0.4, 0.5) is 0 Å². The van der Waals surface area contributed by atoms with E-state index >= 15 is 0 Å². The minimum atomic E-state index is 0.571. The molecule has 0 unspecified atom stereocenters. The smallest absolute Gasteiger partial charge is 0.195 e. The van der Waals surface area contributed by atoms with Gasteiger partial charge < -0.3 is 9.47 Å². The van der Waals surface area contributed by atoms with Crippen LogP contribution in [0.2, 0.25) is 0 Å². The summed E-state index contributed by atoms with van der Waals surface area (Å²) in [5.41, 5.74) is 0.919. The molecule has 1 heterocycles. The summed E-state index contributed by atoms with van der Waals surface area (Å²) in [5.74, 6) is 1.53. The highest BCUT2D eigenvalue weighted by atomic mass is 79.9. The molecule has 0 aliphatic carbocycles. The first-order valence-electron chi connectivity index (χ1n) is 5.65. The maximum atomic E-state index is 5.24. The quantitative estimate of drug-likeness (QED) is 0.847. The molecule has 7 heteroatoms. The number of hydrogen-bond acceptors (Lipinski definition) is 4. The minimum absolute atomic E-state index is 0.571. The lowest BCUT2D eigenvalue weighted by atomic mass is 10.2. The molecule has 0 atom stereocenters. The fourth-order valence-electron chi connectivity index (χ4n) is 1.72. The van der Waals surface area contributed by atoms with Gasteiger partial charge in [0.05, 0.1) is 20.3 Å². The van der Waals surface area contributed by atoms with E-state index in [9.17, 15) is 0 Å². The highest BCUT2D eigenvalue weighted by Gasteiger charge is 2.13. The number of hydrogen-bond donors (Lipinski definition) is 1. The van der Waals surface area contributed by atoms with Gasteiger partial charge in [-0.25, -0.2) is 0 Å². The van der Waals surface area contributed by atoms with Gasteiger partial charge in [0, 0.05) is 17.1 Å². The van der Waals surface area contributed by atoms with Gasteiger partial charge in [-0.1, -0.05) is 15.9 Å². The van der Waals surface area contributed by atoms with Gasteiger partial charge in [-0.2, -0.15) is 5.10 Å². The van der Waals surface area contributed by atoms with E-state index in [2.05, 4.69) is 26.1 Å². The van der Waals surface area contributed by atoms with Crippen LogP contribution in [0.1, 0.15) is 0 Å². The van der Waals surface area contributed by atoms with Gasteiger partial charge in [0.1, 0.15) is 5.75 Å². The van der Waals surface area contributed by atoms with Crippen molar-refractivity contribution in [3.63, 3.8) is 0 Å². The molecule has 0 saturated heterocycles. The summed E-state index contributed by atoms with van der Waals surface area (Å²) in [6.07, 6.45) is 0. The van der Waals surface area contributed by atoms with E-state index in [-0.39, 0.29) is 0 Å². The van der Waals surface area contributed by atoms with Gasteiger partial charge in [-0.3, -0.25) is 9.67 Å². The molecule has 102 valence electrons. The van der Waals surface area contributed by atoms with Gasteiger partial charge in [0.15, 0.2) is 10.6 Å². The maximum absolute atomic E-state index is 5.24. The molecular weight excluding hydrogens is 330 g/mol. The molecule has 0 amide bonds. The van der Waals surface area contributed by atoms with Gasteiger partial charge in [0.2, 0.25) is 0 Å². The Morgan fingerprint density at radius 3 is 2.89 bits per heavy atom. The highest BCUT2D eigenvalue weighted by Crippen LogP contribution is 2.30. The Balaban J connectivity index is 2.49. The molecule has 0 aliphatic rings. The van der Waals surface area contributed by atoms with Crippen LogP contribution in [0, 0.1) is 4.77 Å². The number of aromatic nitrogens is 3. The summed E-state index contributed by atoms with van der Waals surface area (Å²) in [4.78, 5) is 0. The molecule has 0 spiro atoms. The predicted octanol–water partition coefficient (Wildman–Crippen LogP) is 3.03. The van der Waals surface area contributed by atoms with E-state index in [1.807, 2.05) is 22.8 Å². The second-order valence-corrected chi connectivity index (χ2v) is 5.08. The fraction of sp³-hybridized carbons (Fsp3) is 0.333. The van der Waals surface area contributed by atoms with Crippen LogP contribution in [0.3, 0.4) is 0 Å². The molecule has 2 rings (SSSR count). The first-order chi connectivity index (χ1) is 9.17. The van der Waals surface area contributed by atoms with Crippen LogP contribution in [-0.2, 0) is 11.3 Å². The van der Waals surface area contributed by atoms with Crippen LogP contribution in [0.5, 0.6) is 5.75 Å². The third-order valence-corrected chi connectivity index (χ3v) is 3.69. The Morgan fingerprint density at radius 1 is 1.42 bits per heavy atom. The topological polar surface area (TPSA) is 52.1 Å². The van der Waals surface area contributed by atoms with E-state index in [0.717, 1.165) is 21.6 Å². The molecule has 5 nitrogen and oxygen atoms in total. The molecule has 0 saturated carbocycles. The zero-order valence-corrected chi connectivity index (χ0v) is 13.0. The average molecular weight is 344 g/mol. The molecule has 0 fully saturated rings. The van der Waals surface area contributed by atoms with Gasteiger partial charge in [0.25, 0.3) is 0 Å². The number of methoxy groups -OCH3 is 2. The van der Waals surface area contributed by atoms with Crippen molar-refractivity contribution in [2.24, 2.45) is 0 Å². The Bertz CT molecular complexity index is 624. The molecule has 19 heavy (non-hydrogen) atoms. The first kappa shape index (κ1) is 14.2. The Hall–Kier alpha value is -1.18. The molecule has 1 aromatic heterocycles. The first-order valence-corrected chi connectivity index (χ1v) is 6.85. The average Bonchev–Trinajstić information content (AvgIpc) is 2.78. The lowest BCUT2D eigenvalue weighted by molar-refractivity contribution is 0.187. The molecule has 0 aliphatic heterocycles. The summed E-state index contributed by atoms with van der Waals surface area (Å²) in [6.45, 7) is 1.22. The number of aromatic amines is 1. The van der Waals surface area contributed by atoms with E-state index in [0.29, 0.717) is 17.9 Å². The number of nitrogens with one attached hydrogen (secondary N) is 1. The van der Waals surface area contributed by atoms with E-state index in [1.165, 1.54) is 0 Å². The van der Waals surface area contributed by atoms with Crippen LogP contribution < -0.4 is 4.74 Å². The van der Waals surface area contributed by atoms with Gasteiger partial charge in [-0.15, -0.1) is 0 Å². The summed E-state index contributed by atoms with van der Waals surface area (Å²) in [7, 11) is 3.29. The third kappa shape index (κ3) is 3.05. The van der Waals surface area contributed by atoms with E-state index < -0.39 is 0 Å². The normalized spacial score (nSPS) is 10.7. The van der Waals surface area contributed by atoms with Crippen LogP contribution in [0.15, 0.2) is 22.7 Å². The van der Waals surface area contributed by atoms with Crippen molar-refractivity contribution in [1.82, 2.24) is 14.8 Å². The minimum Gasteiger partial charge on any atom is -0.497 e. The number of halogens is 1. The lowest BCUT2D eigenvalue weighted by Gasteiger charge is -2.09. The molecular formula is C12H14BrN3O2S. The van der Waals surface area contributed by atoms with Crippen LogP contribution >= 0.6 is 28.1 Å². The van der Waals surface area contributed by atoms with Crippen molar-refractivity contribution in [1.29, 1.82) is 0 Å². The Kier molecular flexibility index (Phi) is 4.73. The Labute approximate surface area is 124 Å². The molecule has 0 radical (unpaired) electrons.